The predicted molar refractivity (Wildman–Crippen MR) is 74.4 cm³/mol. The molecule has 2 heterocycles. The molecule has 21 heavy (non-hydrogen) atoms. The van der Waals surface area contributed by atoms with Gasteiger partial charge in [-0.05, 0) is 19.8 Å². The van der Waals surface area contributed by atoms with Crippen molar-refractivity contribution >= 4 is 0 Å². The van der Waals surface area contributed by atoms with Gasteiger partial charge in [-0.2, -0.15) is 9.97 Å². The third-order valence-corrected chi connectivity index (χ3v) is 3.93. The average Bonchev–Trinajstić information content (AvgIpc) is 3.15. The lowest BCUT2D eigenvalue weighted by Crippen LogP contribution is -2.19. The Balaban J connectivity index is 1.57. The van der Waals surface area contributed by atoms with Gasteiger partial charge in [-0.25, -0.2) is 0 Å². The zero-order valence-electron chi connectivity index (χ0n) is 12.5. The van der Waals surface area contributed by atoms with E-state index in [0.29, 0.717) is 30.1 Å². The van der Waals surface area contributed by atoms with Crippen LogP contribution >= 0.6 is 0 Å². The molecule has 0 unspecified atom stereocenters. The fourth-order valence-corrected chi connectivity index (χ4v) is 2.69. The van der Waals surface area contributed by atoms with Gasteiger partial charge in [-0.3, -0.25) is 5.32 Å². The highest BCUT2D eigenvalue weighted by Crippen LogP contribution is 2.31. The number of hydrogen-bond acceptors (Lipinski definition) is 7. The molecule has 2 aromatic heterocycles. The van der Waals surface area contributed by atoms with Crippen molar-refractivity contribution in [3.8, 4) is 0 Å². The topological polar surface area (TPSA) is 89.9 Å². The molecule has 1 fully saturated rings. The molecule has 0 aliphatic heterocycles. The Morgan fingerprint density at radius 1 is 1.14 bits per heavy atom. The maximum absolute atomic E-state index is 5.39. The number of hydrogen-bond donors (Lipinski definition) is 1. The molecule has 0 aromatic carbocycles. The van der Waals surface area contributed by atoms with E-state index in [4.69, 9.17) is 9.05 Å². The van der Waals surface area contributed by atoms with Crippen molar-refractivity contribution in [2.75, 3.05) is 0 Å². The fraction of sp³-hybridized carbons (Fsp3) is 0.714. The Hall–Kier alpha value is -1.76. The van der Waals surface area contributed by atoms with Gasteiger partial charge >= 0.3 is 0 Å². The van der Waals surface area contributed by atoms with Crippen molar-refractivity contribution in [3.63, 3.8) is 0 Å². The Kier molecular flexibility index (Phi) is 4.28. The van der Waals surface area contributed by atoms with Crippen LogP contribution in [-0.4, -0.2) is 20.3 Å². The second kappa shape index (κ2) is 6.34. The lowest BCUT2D eigenvalue weighted by atomic mass is 9.89. The van der Waals surface area contributed by atoms with Crippen LogP contribution in [-0.2, 0) is 6.54 Å². The summed E-state index contributed by atoms with van der Waals surface area (Å²) in [6, 6.07) is -0.0337. The van der Waals surface area contributed by atoms with Crippen molar-refractivity contribution in [2.45, 2.75) is 64.5 Å². The van der Waals surface area contributed by atoms with Crippen LogP contribution in [0, 0.1) is 6.92 Å². The molecular weight excluding hydrogens is 270 g/mol. The number of nitrogens with one attached hydrogen (secondary N) is 1. The summed E-state index contributed by atoms with van der Waals surface area (Å²) >= 11 is 0. The van der Waals surface area contributed by atoms with Gasteiger partial charge in [-0.1, -0.05) is 29.6 Å². The van der Waals surface area contributed by atoms with E-state index in [-0.39, 0.29) is 6.04 Å². The maximum Gasteiger partial charge on any atom is 0.243 e. The first kappa shape index (κ1) is 14.2. The highest BCUT2D eigenvalue weighted by Gasteiger charge is 2.22. The minimum absolute atomic E-state index is 0.0337. The number of aromatic nitrogens is 4. The lowest BCUT2D eigenvalue weighted by molar-refractivity contribution is 0.326. The normalized spacial score (nSPS) is 18.0. The summed E-state index contributed by atoms with van der Waals surface area (Å²) < 4.78 is 10.3. The largest absolute Gasteiger partial charge is 0.340 e. The third-order valence-electron chi connectivity index (χ3n) is 3.93. The maximum atomic E-state index is 5.39. The van der Waals surface area contributed by atoms with E-state index < -0.39 is 0 Å². The van der Waals surface area contributed by atoms with Crippen molar-refractivity contribution in [1.82, 2.24) is 25.6 Å². The molecule has 3 rings (SSSR count). The molecule has 1 atom stereocenters. The lowest BCUT2D eigenvalue weighted by Gasteiger charge is -2.17. The van der Waals surface area contributed by atoms with Gasteiger partial charge in [0.15, 0.2) is 11.6 Å². The van der Waals surface area contributed by atoms with Gasteiger partial charge < -0.3 is 9.05 Å². The van der Waals surface area contributed by atoms with Gasteiger partial charge in [0.1, 0.15) is 0 Å². The minimum atomic E-state index is -0.0337. The zero-order valence-corrected chi connectivity index (χ0v) is 12.5. The molecule has 1 saturated carbocycles. The van der Waals surface area contributed by atoms with Crippen LogP contribution in [0.25, 0.3) is 0 Å². The molecule has 1 aliphatic rings. The summed E-state index contributed by atoms with van der Waals surface area (Å²) in [7, 11) is 0. The molecule has 7 nitrogen and oxygen atoms in total. The van der Waals surface area contributed by atoms with E-state index in [1.807, 2.05) is 6.92 Å². The predicted octanol–water partition coefficient (Wildman–Crippen LogP) is 2.66. The summed E-state index contributed by atoms with van der Waals surface area (Å²) in [5, 5.41) is 11.3. The fourth-order valence-electron chi connectivity index (χ4n) is 2.69. The average molecular weight is 291 g/mol. The smallest absolute Gasteiger partial charge is 0.243 e. The molecule has 7 heteroatoms. The van der Waals surface area contributed by atoms with Gasteiger partial charge in [0.2, 0.25) is 11.8 Å². The van der Waals surface area contributed by atoms with E-state index >= 15 is 0 Å². The first-order valence-corrected chi connectivity index (χ1v) is 7.58. The van der Waals surface area contributed by atoms with E-state index in [9.17, 15) is 0 Å². The molecule has 2 aromatic rings. The van der Waals surface area contributed by atoms with Crippen LogP contribution in [0.4, 0.5) is 0 Å². The summed E-state index contributed by atoms with van der Waals surface area (Å²) in [6.45, 7) is 4.28. The molecule has 0 spiro atoms. The third kappa shape index (κ3) is 3.47. The van der Waals surface area contributed by atoms with Crippen LogP contribution in [0.15, 0.2) is 9.05 Å². The second-order valence-electron chi connectivity index (χ2n) is 5.66. The Morgan fingerprint density at radius 2 is 1.95 bits per heavy atom. The molecule has 0 amide bonds. The molecular formula is C14H21N5O2. The van der Waals surface area contributed by atoms with E-state index in [0.717, 1.165) is 5.82 Å². The Morgan fingerprint density at radius 3 is 2.67 bits per heavy atom. The molecule has 0 radical (unpaired) electrons. The first-order chi connectivity index (χ1) is 10.2. The van der Waals surface area contributed by atoms with Gasteiger partial charge in [0, 0.05) is 12.8 Å². The summed E-state index contributed by atoms with van der Waals surface area (Å²) in [4.78, 5) is 8.69. The molecule has 0 bridgehead atoms. The quantitative estimate of drug-likeness (QED) is 0.905. The van der Waals surface area contributed by atoms with Crippen LogP contribution in [0.2, 0.25) is 0 Å². The van der Waals surface area contributed by atoms with Crippen molar-refractivity contribution in [1.29, 1.82) is 0 Å². The summed E-state index contributed by atoms with van der Waals surface area (Å²) in [5.41, 5.74) is 0. The van der Waals surface area contributed by atoms with Crippen molar-refractivity contribution in [3.05, 3.63) is 23.4 Å². The first-order valence-electron chi connectivity index (χ1n) is 7.58. The SMILES string of the molecule is Cc1nc(CN[C@@H](C)c2nc(C3CCCCC3)no2)no1. The van der Waals surface area contributed by atoms with E-state index in [2.05, 4.69) is 25.6 Å². The van der Waals surface area contributed by atoms with E-state index in [1.165, 1.54) is 32.1 Å². The molecule has 1 aliphatic carbocycles. The van der Waals surface area contributed by atoms with Crippen LogP contribution in [0.1, 0.15) is 74.4 Å². The molecule has 1 N–H and O–H groups in total. The Labute approximate surface area is 123 Å². The minimum Gasteiger partial charge on any atom is -0.340 e. The van der Waals surface area contributed by atoms with Crippen molar-refractivity contribution in [2.24, 2.45) is 0 Å². The van der Waals surface area contributed by atoms with Crippen molar-refractivity contribution < 1.29 is 9.05 Å². The monoisotopic (exact) mass is 291 g/mol. The number of aryl methyl sites for hydroxylation is 1. The van der Waals surface area contributed by atoms with Crippen LogP contribution < -0.4 is 5.32 Å². The summed E-state index contributed by atoms with van der Waals surface area (Å²) in [5.74, 6) is 3.14. The van der Waals surface area contributed by atoms with E-state index in [1.54, 1.807) is 6.92 Å². The standard InChI is InChI=1S/C14H21N5O2/c1-9(15-8-12-16-10(2)20-18-12)14-17-13(19-21-14)11-6-4-3-5-7-11/h9,11,15H,3-8H2,1-2H3/t9-/m0/s1. The highest BCUT2D eigenvalue weighted by atomic mass is 16.5. The van der Waals surface area contributed by atoms with Gasteiger partial charge in [0.05, 0.1) is 12.6 Å². The number of rotatable bonds is 5. The molecule has 114 valence electrons. The van der Waals surface area contributed by atoms with Crippen LogP contribution in [0.5, 0.6) is 0 Å². The number of nitrogens with zero attached hydrogens (tertiary/aromatic N) is 4. The van der Waals surface area contributed by atoms with Crippen LogP contribution in [0.3, 0.4) is 0 Å². The van der Waals surface area contributed by atoms with Gasteiger partial charge in [-0.15, -0.1) is 0 Å². The second-order valence-corrected chi connectivity index (χ2v) is 5.66. The highest BCUT2D eigenvalue weighted by molar-refractivity contribution is 4.99. The zero-order chi connectivity index (χ0) is 14.7. The summed E-state index contributed by atoms with van der Waals surface area (Å²) in [6.07, 6.45) is 6.19. The Bertz CT molecular complexity index is 573. The molecule has 0 saturated heterocycles. The van der Waals surface area contributed by atoms with Gasteiger partial charge in [0.25, 0.3) is 0 Å².